The highest BCUT2D eigenvalue weighted by molar-refractivity contribution is 9.10. The van der Waals surface area contributed by atoms with E-state index < -0.39 is 5.56 Å². The van der Waals surface area contributed by atoms with Crippen LogP contribution in [0.25, 0.3) is 11.1 Å². The summed E-state index contributed by atoms with van der Waals surface area (Å²) in [4.78, 5) is 14.5. The number of nitriles is 1. The molecule has 4 nitrogen and oxygen atoms in total. The molecule has 0 saturated carbocycles. The van der Waals surface area contributed by atoms with E-state index in [4.69, 9.17) is 4.74 Å². The number of aryl methyl sites for hydroxylation is 1. The van der Waals surface area contributed by atoms with Crippen LogP contribution in [0.3, 0.4) is 0 Å². The molecule has 0 aliphatic carbocycles. The van der Waals surface area contributed by atoms with Gasteiger partial charge in [0.05, 0.1) is 0 Å². The molecule has 0 unspecified atom stereocenters. The minimum absolute atomic E-state index is 0.0706. The van der Waals surface area contributed by atoms with E-state index in [1.807, 2.05) is 6.07 Å². The lowest BCUT2D eigenvalue weighted by Gasteiger charge is -2.09. The second-order valence-electron chi connectivity index (χ2n) is 5.73. The monoisotopic (exact) mass is 412 g/mol. The van der Waals surface area contributed by atoms with Crippen LogP contribution in [0.2, 0.25) is 0 Å². The van der Waals surface area contributed by atoms with Gasteiger partial charge in [-0.1, -0.05) is 34.1 Å². The van der Waals surface area contributed by atoms with Gasteiger partial charge in [0.15, 0.2) is 0 Å². The van der Waals surface area contributed by atoms with Crippen LogP contribution in [0.1, 0.15) is 16.8 Å². The highest BCUT2D eigenvalue weighted by atomic mass is 79.9. The van der Waals surface area contributed by atoms with Crippen molar-refractivity contribution in [2.24, 2.45) is 0 Å². The zero-order chi connectivity index (χ0) is 18.7. The number of ether oxygens (including phenoxy) is 1. The van der Waals surface area contributed by atoms with Crippen molar-refractivity contribution in [1.82, 2.24) is 4.98 Å². The fourth-order valence-electron chi connectivity index (χ4n) is 2.56. The maximum absolute atomic E-state index is 13.8. The number of hydrogen-bond acceptors (Lipinski definition) is 3. The van der Waals surface area contributed by atoms with Gasteiger partial charge in [0.1, 0.15) is 29.8 Å². The number of halogens is 2. The van der Waals surface area contributed by atoms with Crippen LogP contribution in [0, 0.1) is 24.1 Å². The summed E-state index contributed by atoms with van der Waals surface area (Å²) in [6, 6.07) is 15.5. The van der Waals surface area contributed by atoms with E-state index in [1.165, 1.54) is 6.07 Å². The predicted molar refractivity (Wildman–Crippen MR) is 100 cm³/mol. The third-order valence-corrected chi connectivity index (χ3v) is 4.35. The molecule has 0 atom stereocenters. The van der Waals surface area contributed by atoms with Gasteiger partial charge in [0.25, 0.3) is 5.56 Å². The standard InChI is InChI=1S/C20H14BrFN2O2/c1-12-8-17(18(10-23)20(25)24-12)13-3-6-16(7-4-13)26-11-14-2-5-15(21)9-19(14)22/h2-9H,11H2,1H3,(H,24,25). The van der Waals surface area contributed by atoms with Crippen molar-refractivity contribution in [3.05, 3.63) is 86.0 Å². The van der Waals surface area contributed by atoms with E-state index in [2.05, 4.69) is 20.9 Å². The summed E-state index contributed by atoms with van der Waals surface area (Å²) in [7, 11) is 0. The zero-order valence-electron chi connectivity index (χ0n) is 13.8. The number of aromatic nitrogens is 1. The van der Waals surface area contributed by atoms with Gasteiger partial charge in [-0.2, -0.15) is 5.26 Å². The molecule has 0 aliphatic heterocycles. The smallest absolute Gasteiger partial charge is 0.266 e. The molecule has 0 saturated heterocycles. The summed E-state index contributed by atoms with van der Waals surface area (Å²) in [6.07, 6.45) is 0. The Morgan fingerprint density at radius 1 is 1.19 bits per heavy atom. The first-order chi connectivity index (χ1) is 12.5. The van der Waals surface area contributed by atoms with Crippen molar-refractivity contribution < 1.29 is 9.13 Å². The van der Waals surface area contributed by atoms with Crippen molar-refractivity contribution in [1.29, 1.82) is 5.26 Å². The first kappa shape index (κ1) is 17.9. The lowest BCUT2D eigenvalue weighted by Crippen LogP contribution is -2.12. The molecule has 0 amide bonds. The molecule has 0 fully saturated rings. The number of H-pyrrole nitrogens is 1. The fraction of sp³-hybridized carbons (Fsp3) is 0.100. The molecule has 1 aromatic heterocycles. The Labute approximate surface area is 158 Å². The summed E-state index contributed by atoms with van der Waals surface area (Å²) in [5.41, 5.74) is 2.09. The molecule has 2 aromatic carbocycles. The van der Waals surface area contributed by atoms with Crippen molar-refractivity contribution in [3.8, 4) is 22.9 Å². The van der Waals surface area contributed by atoms with Gasteiger partial charge in [-0.3, -0.25) is 4.79 Å². The van der Waals surface area contributed by atoms with Crippen molar-refractivity contribution in [2.75, 3.05) is 0 Å². The first-order valence-corrected chi connectivity index (χ1v) is 8.58. The minimum atomic E-state index is -0.409. The van der Waals surface area contributed by atoms with Gasteiger partial charge in [-0.25, -0.2) is 4.39 Å². The van der Waals surface area contributed by atoms with E-state index in [9.17, 15) is 14.4 Å². The number of aromatic amines is 1. The Bertz CT molecular complexity index is 1050. The number of pyridine rings is 1. The Balaban J connectivity index is 1.81. The van der Waals surface area contributed by atoms with Gasteiger partial charge in [-0.05, 0) is 42.8 Å². The Hall–Kier alpha value is -2.91. The van der Waals surface area contributed by atoms with Gasteiger partial charge in [0, 0.05) is 21.3 Å². The van der Waals surface area contributed by atoms with Crippen LogP contribution in [0.15, 0.2) is 57.8 Å². The van der Waals surface area contributed by atoms with E-state index >= 15 is 0 Å². The molecule has 26 heavy (non-hydrogen) atoms. The highest BCUT2D eigenvalue weighted by Crippen LogP contribution is 2.25. The molecule has 0 spiro atoms. The fourth-order valence-corrected chi connectivity index (χ4v) is 2.89. The average molecular weight is 413 g/mol. The van der Waals surface area contributed by atoms with Gasteiger partial charge in [-0.15, -0.1) is 0 Å². The number of nitrogens with one attached hydrogen (secondary N) is 1. The third-order valence-electron chi connectivity index (χ3n) is 3.85. The SMILES string of the molecule is Cc1cc(-c2ccc(OCc3ccc(Br)cc3F)cc2)c(C#N)c(=O)[nH]1. The van der Waals surface area contributed by atoms with Crippen molar-refractivity contribution in [2.45, 2.75) is 13.5 Å². The maximum Gasteiger partial charge on any atom is 0.266 e. The number of rotatable bonds is 4. The van der Waals surface area contributed by atoms with Crippen LogP contribution in [-0.2, 0) is 6.61 Å². The topological polar surface area (TPSA) is 65.9 Å². The highest BCUT2D eigenvalue weighted by Gasteiger charge is 2.10. The second kappa shape index (κ2) is 7.54. The van der Waals surface area contributed by atoms with E-state index in [0.717, 1.165) is 5.56 Å². The molecule has 0 aliphatic rings. The molecule has 3 aromatic rings. The lowest BCUT2D eigenvalue weighted by atomic mass is 10.0. The van der Waals surface area contributed by atoms with E-state index in [-0.39, 0.29) is 18.0 Å². The molecule has 1 N–H and O–H groups in total. The van der Waals surface area contributed by atoms with Crippen LogP contribution >= 0.6 is 15.9 Å². The minimum Gasteiger partial charge on any atom is -0.489 e. The van der Waals surface area contributed by atoms with Crippen molar-refractivity contribution in [3.63, 3.8) is 0 Å². The molecular weight excluding hydrogens is 399 g/mol. The van der Waals surface area contributed by atoms with Crippen LogP contribution in [-0.4, -0.2) is 4.98 Å². The Morgan fingerprint density at radius 2 is 1.92 bits per heavy atom. The quantitative estimate of drug-likeness (QED) is 0.674. The molecule has 130 valence electrons. The molecule has 0 radical (unpaired) electrons. The van der Waals surface area contributed by atoms with Gasteiger partial charge in [0.2, 0.25) is 0 Å². The summed E-state index contributed by atoms with van der Waals surface area (Å²) in [6.45, 7) is 1.86. The van der Waals surface area contributed by atoms with Crippen LogP contribution in [0.4, 0.5) is 4.39 Å². The van der Waals surface area contributed by atoms with Crippen LogP contribution < -0.4 is 10.3 Å². The first-order valence-electron chi connectivity index (χ1n) is 7.79. The molecule has 3 rings (SSSR count). The number of nitrogens with zero attached hydrogens (tertiary/aromatic N) is 1. The summed E-state index contributed by atoms with van der Waals surface area (Å²) in [5.74, 6) is 0.227. The number of hydrogen-bond donors (Lipinski definition) is 1. The summed E-state index contributed by atoms with van der Waals surface area (Å²) >= 11 is 3.22. The Kier molecular flexibility index (Phi) is 5.19. The molecule has 1 heterocycles. The van der Waals surface area contributed by atoms with Gasteiger partial charge < -0.3 is 9.72 Å². The third kappa shape index (κ3) is 3.84. The normalized spacial score (nSPS) is 10.4. The van der Waals surface area contributed by atoms with Crippen LogP contribution in [0.5, 0.6) is 5.75 Å². The van der Waals surface area contributed by atoms with E-state index in [0.29, 0.717) is 27.0 Å². The van der Waals surface area contributed by atoms with Crippen molar-refractivity contribution >= 4 is 15.9 Å². The van der Waals surface area contributed by atoms with Gasteiger partial charge >= 0.3 is 0 Å². The molecular formula is C20H14BrFN2O2. The Morgan fingerprint density at radius 3 is 2.58 bits per heavy atom. The second-order valence-corrected chi connectivity index (χ2v) is 6.65. The largest absolute Gasteiger partial charge is 0.489 e. The maximum atomic E-state index is 13.8. The summed E-state index contributed by atoms with van der Waals surface area (Å²) in [5, 5.41) is 9.23. The molecule has 0 bridgehead atoms. The molecule has 6 heteroatoms. The van der Waals surface area contributed by atoms with E-state index in [1.54, 1.807) is 49.4 Å². The number of benzene rings is 2. The summed E-state index contributed by atoms with van der Waals surface area (Å²) < 4.78 is 20.1. The zero-order valence-corrected chi connectivity index (χ0v) is 15.4. The average Bonchev–Trinajstić information content (AvgIpc) is 2.61. The lowest BCUT2D eigenvalue weighted by molar-refractivity contribution is 0.300. The predicted octanol–water partition coefficient (Wildman–Crippen LogP) is 4.70.